The Labute approximate surface area is 211 Å². The summed E-state index contributed by atoms with van der Waals surface area (Å²) in [5.41, 5.74) is -2.07. The topological polar surface area (TPSA) is 128 Å². The number of nitrogens with zero attached hydrogens (tertiary/aromatic N) is 3. The Bertz CT molecular complexity index is 1340. The van der Waals surface area contributed by atoms with E-state index in [1.165, 1.54) is 44.3 Å². The molecule has 3 rings (SSSR count). The number of carbonyl (C=O) groups excluding carboxylic acids is 2. The number of pyridine rings is 2. The summed E-state index contributed by atoms with van der Waals surface area (Å²) in [6, 6.07) is 7.60. The van der Waals surface area contributed by atoms with Crippen LogP contribution in [-0.4, -0.2) is 49.4 Å². The third kappa shape index (κ3) is 6.34. The van der Waals surface area contributed by atoms with Gasteiger partial charge in [0.05, 0.1) is 18.3 Å². The molecule has 3 aromatic rings. The average molecular weight is 540 g/mol. The SMILES string of the molecule is Cc1nc(F)ccc1Oc1ncc(C(F)(F)F)c(C)c1C(=O)Nc1cccc([S@@+]([O-])N(C)C(=O)CO)c1. The zero-order valence-electron chi connectivity index (χ0n) is 19.6. The number of hydrogen-bond donors (Lipinski definition) is 2. The maximum atomic E-state index is 13.6. The number of aromatic nitrogens is 2. The lowest BCUT2D eigenvalue weighted by molar-refractivity contribution is -0.138. The van der Waals surface area contributed by atoms with Crippen molar-refractivity contribution >= 4 is 28.9 Å². The molecule has 0 saturated carbocycles. The molecule has 14 heteroatoms. The highest BCUT2D eigenvalue weighted by Gasteiger charge is 2.36. The van der Waals surface area contributed by atoms with Gasteiger partial charge in [-0.2, -0.15) is 21.9 Å². The Hall–Kier alpha value is -3.75. The lowest BCUT2D eigenvalue weighted by Crippen LogP contribution is -2.35. The number of aliphatic hydroxyl groups is 1. The van der Waals surface area contributed by atoms with Gasteiger partial charge in [-0.25, -0.2) is 9.97 Å². The number of hydrogen-bond acceptors (Lipinski definition) is 7. The number of ether oxygens (including phenoxy) is 1. The van der Waals surface area contributed by atoms with Gasteiger partial charge >= 0.3 is 6.18 Å². The molecular weight excluding hydrogens is 520 g/mol. The molecule has 0 unspecified atom stereocenters. The van der Waals surface area contributed by atoms with Crippen molar-refractivity contribution < 1.29 is 41.5 Å². The quantitative estimate of drug-likeness (QED) is 0.265. The van der Waals surface area contributed by atoms with Gasteiger partial charge in [0, 0.05) is 18.0 Å². The van der Waals surface area contributed by atoms with Crippen molar-refractivity contribution in [3.05, 3.63) is 70.9 Å². The van der Waals surface area contributed by atoms with Gasteiger partial charge in [0.15, 0.2) is 10.6 Å². The second-order valence-corrected chi connectivity index (χ2v) is 9.09. The Balaban J connectivity index is 2.00. The van der Waals surface area contributed by atoms with Crippen molar-refractivity contribution in [2.45, 2.75) is 24.9 Å². The molecule has 2 amide bonds. The normalized spacial score (nSPS) is 12.1. The van der Waals surface area contributed by atoms with Crippen molar-refractivity contribution in [1.82, 2.24) is 14.3 Å². The Kier molecular flexibility index (Phi) is 8.35. The second kappa shape index (κ2) is 11.1. The largest absolute Gasteiger partial charge is 0.588 e. The van der Waals surface area contributed by atoms with Crippen molar-refractivity contribution in [3.63, 3.8) is 0 Å². The van der Waals surface area contributed by atoms with Gasteiger partial charge in [-0.1, -0.05) is 6.07 Å². The second-order valence-electron chi connectivity index (χ2n) is 7.57. The molecule has 0 bridgehead atoms. The predicted octanol–water partition coefficient (Wildman–Crippen LogP) is 3.77. The van der Waals surface area contributed by atoms with Crippen LogP contribution in [0, 0.1) is 19.8 Å². The third-order valence-corrected chi connectivity index (χ3v) is 6.43. The van der Waals surface area contributed by atoms with Crippen LogP contribution in [0.3, 0.4) is 0 Å². The van der Waals surface area contributed by atoms with Crippen LogP contribution in [0.1, 0.15) is 27.2 Å². The molecule has 0 aliphatic heterocycles. The molecule has 37 heavy (non-hydrogen) atoms. The third-order valence-electron chi connectivity index (χ3n) is 5.07. The molecule has 196 valence electrons. The van der Waals surface area contributed by atoms with E-state index in [4.69, 9.17) is 9.84 Å². The van der Waals surface area contributed by atoms with Gasteiger partial charge in [-0.05, 0) is 43.7 Å². The number of rotatable bonds is 7. The summed E-state index contributed by atoms with van der Waals surface area (Å²) >= 11 is -2.03. The van der Waals surface area contributed by atoms with Crippen LogP contribution in [0.25, 0.3) is 0 Å². The van der Waals surface area contributed by atoms with Crippen LogP contribution in [0.15, 0.2) is 47.5 Å². The van der Waals surface area contributed by atoms with Crippen molar-refractivity contribution in [2.24, 2.45) is 0 Å². The molecule has 1 atom stereocenters. The highest BCUT2D eigenvalue weighted by Crippen LogP contribution is 2.37. The van der Waals surface area contributed by atoms with E-state index in [9.17, 15) is 31.7 Å². The van der Waals surface area contributed by atoms with E-state index in [1.807, 2.05) is 0 Å². The fourth-order valence-corrected chi connectivity index (χ4v) is 4.15. The van der Waals surface area contributed by atoms with Crippen LogP contribution in [0.5, 0.6) is 11.6 Å². The number of benzene rings is 1. The Morgan fingerprint density at radius 2 is 1.92 bits per heavy atom. The number of aliphatic hydroxyl groups excluding tert-OH is 1. The molecule has 2 N–H and O–H groups in total. The Morgan fingerprint density at radius 1 is 1.22 bits per heavy atom. The van der Waals surface area contributed by atoms with E-state index in [0.29, 0.717) is 6.20 Å². The van der Waals surface area contributed by atoms with Gasteiger partial charge in [0.1, 0.15) is 23.5 Å². The maximum Gasteiger partial charge on any atom is 0.418 e. The van der Waals surface area contributed by atoms with Gasteiger partial charge in [-0.3, -0.25) is 9.59 Å². The molecule has 0 fully saturated rings. The van der Waals surface area contributed by atoms with Gasteiger partial charge in [-0.15, -0.1) is 0 Å². The van der Waals surface area contributed by atoms with E-state index in [-0.39, 0.29) is 22.0 Å². The number of likely N-dealkylation sites (N-methyl/N-ethyl adjacent to an activating group) is 1. The van der Waals surface area contributed by atoms with Gasteiger partial charge < -0.3 is 19.7 Å². The lowest BCUT2D eigenvalue weighted by Gasteiger charge is -2.20. The molecule has 0 aliphatic carbocycles. The number of nitrogens with one attached hydrogen (secondary N) is 1. The standard InChI is InChI=1S/C23H20F4N4O5S/c1-12-16(23(25,26)27)10-28-22(36-17-7-8-18(24)29-13(17)2)20(12)21(34)30-14-5-4-6-15(9-14)37(35)31(3)19(33)11-32/h4-10,32H,11H2,1-3H3,(H,30,34)/t37-/m1/s1. The summed E-state index contributed by atoms with van der Waals surface area (Å²) in [6.45, 7) is 1.61. The monoisotopic (exact) mass is 540 g/mol. The fourth-order valence-electron chi connectivity index (χ4n) is 3.17. The van der Waals surface area contributed by atoms with Crippen molar-refractivity contribution in [1.29, 1.82) is 0 Å². The van der Waals surface area contributed by atoms with E-state index in [2.05, 4.69) is 15.3 Å². The number of halogens is 4. The predicted molar refractivity (Wildman–Crippen MR) is 124 cm³/mol. The summed E-state index contributed by atoms with van der Waals surface area (Å²) in [4.78, 5) is 32.2. The number of anilines is 1. The maximum absolute atomic E-state index is 13.6. The first kappa shape index (κ1) is 27.8. The molecule has 0 spiro atoms. The summed E-state index contributed by atoms with van der Waals surface area (Å²) in [5, 5.41) is 11.4. The number of carbonyl (C=O) groups is 2. The average Bonchev–Trinajstić information content (AvgIpc) is 2.83. The number of amides is 2. The van der Waals surface area contributed by atoms with E-state index in [0.717, 1.165) is 17.3 Å². The molecule has 1 aromatic carbocycles. The highest BCUT2D eigenvalue weighted by molar-refractivity contribution is 7.89. The minimum Gasteiger partial charge on any atom is -0.588 e. The lowest BCUT2D eigenvalue weighted by atomic mass is 10.0. The highest BCUT2D eigenvalue weighted by atomic mass is 32.2. The zero-order valence-corrected chi connectivity index (χ0v) is 20.4. The summed E-state index contributed by atoms with van der Waals surface area (Å²) < 4.78 is 72.9. The van der Waals surface area contributed by atoms with Gasteiger partial charge in [0.25, 0.3) is 11.8 Å². The molecule has 0 saturated heterocycles. The number of alkyl halides is 3. The minimum atomic E-state index is -4.82. The van der Waals surface area contributed by atoms with Gasteiger partial charge in [0.2, 0.25) is 11.8 Å². The molecule has 9 nitrogen and oxygen atoms in total. The first-order chi connectivity index (χ1) is 17.3. The molecule has 0 aliphatic rings. The zero-order chi connectivity index (χ0) is 27.5. The van der Waals surface area contributed by atoms with Crippen LogP contribution in [0.4, 0.5) is 23.2 Å². The van der Waals surface area contributed by atoms with Crippen molar-refractivity contribution in [2.75, 3.05) is 19.0 Å². The van der Waals surface area contributed by atoms with Crippen molar-refractivity contribution in [3.8, 4) is 11.6 Å². The van der Waals surface area contributed by atoms with Crippen LogP contribution >= 0.6 is 0 Å². The van der Waals surface area contributed by atoms with Crippen LogP contribution in [0.2, 0.25) is 0 Å². The smallest absolute Gasteiger partial charge is 0.418 e. The van der Waals surface area contributed by atoms with Crippen LogP contribution < -0.4 is 10.1 Å². The van der Waals surface area contributed by atoms with Crippen LogP contribution in [-0.2, 0) is 22.3 Å². The number of aryl methyl sites for hydroxylation is 1. The van der Waals surface area contributed by atoms with E-state index >= 15 is 0 Å². The van der Waals surface area contributed by atoms with E-state index < -0.39 is 64.5 Å². The summed E-state index contributed by atoms with van der Waals surface area (Å²) in [7, 11) is 1.20. The molecule has 0 radical (unpaired) electrons. The first-order valence-corrected chi connectivity index (χ1v) is 11.5. The molecule has 2 heterocycles. The Morgan fingerprint density at radius 3 is 2.54 bits per heavy atom. The van der Waals surface area contributed by atoms with E-state index in [1.54, 1.807) is 0 Å². The fraction of sp³-hybridized carbons (Fsp3) is 0.217. The summed E-state index contributed by atoms with van der Waals surface area (Å²) in [5.74, 6) is -3.15. The minimum absolute atomic E-state index is 0.0314. The molecule has 2 aromatic heterocycles. The summed E-state index contributed by atoms with van der Waals surface area (Å²) in [6.07, 6.45) is -4.30. The molecular formula is C23H20F4N4O5S. The first-order valence-electron chi connectivity index (χ1n) is 10.4.